The summed E-state index contributed by atoms with van der Waals surface area (Å²) < 4.78 is 13.4. The Labute approximate surface area is 220 Å². The van der Waals surface area contributed by atoms with E-state index in [1.807, 2.05) is 0 Å². The Balaban J connectivity index is 1.93. The fourth-order valence-electron chi connectivity index (χ4n) is 5.35. The first-order valence-corrected chi connectivity index (χ1v) is 14.9. The number of fused-ring (bicyclic) bond motifs is 2. The van der Waals surface area contributed by atoms with E-state index in [0.29, 0.717) is 11.8 Å². The van der Waals surface area contributed by atoms with Crippen molar-refractivity contribution in [3.63, 3.8) is 0 Å². The Kier molecular flexibility index (Phi) is 12.4. The van der Waals surface area contributed by atoms with E-state index < -0.39 is 0 Å². The molecule has 2 heteroatoms. The number of benzene rings is 3. The minimum absolute atomic E-state index is 0.622. The second-order valence-corrected chi connectivity index (χ2v) is 10.7. The monoisotopic (exact) mass is 490 g/mol. The first-order valence-electron chi connectivity index (χ1n) is 14.9. The largest absolute Gasteiger partial charge is 0.492 e. The van der Waals surface area contributed by atoms with Gasteiger partial charge >= 0.3 is 0 Å². The molecule has 0 bridgehead atoms. The van der Waals surface area contributed by atoms with Gasteiger partial charge in [0.25, 0.3) is 0 Å². The highest BCUT2D eigenvalue weighted by atomic mass is 16.5. The van der Waals surface area contributed by atoms with Gasteiger partial charge in [-0.15, -0.1) is 0 Å². The van der Waals surface area contributed by atoms with Crippen molar-refractivity contribution >= 4 is 21.5 Å². The van der Waals surface area contributed by atoms with Crippen LogP contribution in [0.15, 0.2) is 48.5 Å². The minimum Gasteiger partial charge on any atom is -0.492 e. The highest BCUT2D eigenvalue weighted by molar-refractivity contribution is 6.11. The summed E-state index contributed by atoms with van der Waals surface area (Å²) in [5.74, 6) is 3.30. The van der Waals surface area contributed by atoms with Crippen molar-refractivity contribution in [1.29, 1.82) is 0 Å². The molecule has 0 N–H and O–H groups in total. The van der Waals surface area contributed by atoms with Crippen LogP contribution in [0.4, 0.5) is 0 Å². The van der Waals surface area contributed by atoms with Crippen LogP contribution in [-0.4, -0.2) is 13.2 Å². The number of hydrogen-bond acceptors (Lipinski definition) is 2. The van der Waals surface area contributed by atoms with Gasteiger partial charge in [0, 0.05) is 21.5 Å². The summed E-state index contributed by atoms with van der Waals surface area (Å²) in [5, 5.41) is 4.70. The van der Waals surface area contributed by atoms with E-state index in [4.69, 9.17) is 9.47 Å². The maximum Gasteiger partial charge on any atom is 0.135 e. The Morgan fingerprint density at radius 1 is 0.472 bits per heavy atom. The quantitative estimate of drug-likeness (QED) is 0.165. The van der Waals surface area contributed by atoms with Crippen molar-refractivity contribution in [2.45, 2.75) is 105 Å². The Hall–Kier alpha value is -2.22. The molecule has 0 saturated heterocycles. The summed E-state index contributed by atoms with van der Waals surface area (Å²) >= 11 is 0. The molecule has 0 radical (unpaired) electrons. The summed E-state index contributed by atoms with van der Waals surface area (Å²) in [7, 11) is 0. The van der Waals surface area contributed by atoms with Crippen LogP contribution < -0.4 is 9.47 Å². The SMILES string of the molecule is CCCCC(CCCC)COc1c2ccccc2c(OCC(CCCC)CCCC)c2ccccc12. The van der Waals surface area contributed by atoms with Gasteiger partial charge in [0.05, 0.1) is 13.2 Å². The van der Waals surface area contributed by atoms with Gasteiger partial charge in [0.2, 0.25) is 0 Å². The molecule has 198 valence electrons. The molecule has 0 aliphatic heterocycles. The molecular weight excluding hydrogens is 440 g/mol. The molecule has 36 heavy (non-hydrogen) atoms. The summed E-state index contributed by atoms with van der Waals surface area (Å²) in [5.41, 5.74) is 0. The third-order valence-electron chi connectivity index (χ3n) is 7.62. The van der Waals surface area contributed by atoms with E-state index in [-0.39, 0.29) is 0 Å². The molecule has 0 aliphatic rings. The van der Waals surface area contributed by atoms with Crippen molar-refractivity contribution in [3.05, 3.63) is 48.5 Å². The number of ether oxygens (including phenoxy) is 2. The van der Waals surface area contributed by atoms with Crippen molar-refractivity contribution in [1.82, 2.24) is 0 Å². The van der Waals surface area contributed by atoms with Gasteiger partial charge in [-0.05, 0) is 37.5 Å². The van der Waals surface area contributed by atoms with Crippen LogP contribution in [0.25, 0.3) is 21.5 Å². The lowest BCUT2D eigenvalue weighted by molar-refractivity contribution is 0.227. The lowest BCUT2D eigenvalue weighted by Gasteiger charge is -2.22. The van der Waals surface area contributed by atoms with Crippen LogP contribution in [0.5, 0.6) is 11.5 Å². The zero-order valence-corrected chi connectivity index (χ0v) is 23.5. The fraction of sp³-hybridized carbons (Fsp3) is 0.588. The van der Waals surface area contributed by atoms with Crippen molar-refractivity contribution in [2.24, 2.45) is 11.8 Å². The minimum atomic E-state index is 0.622. The van der Waals surface area contributed by atoms with E-state index in [9.17, 15) is 0 Å². The van der Waals surface area contributed by atoms with Crippen LogP contribution in [0.2, 0.25) is 0 Å². The average Bonchev–Trinajstić information content (AvgIpc) is 2.92. The van der Waals surface area contributed by atoms with Crippen molar-refractivity contribution < 1.29 is 9.47 Å². The zero-order valence-electron chi connectivity index (χ0n) is 23.5. The highest BCUT2D eigenvalue weighted by Gasteiger charge is 2.19. The predicted octanol–water partition coefficient (Wildman–Crippen LogP) is 10.7. The summed E-state index contributed by atoms with van der Waals surface area (Å²) in [6.07, 6.45) is 15.1. The van der Waals surface area contributed by atoms with E-state index in [1.165, 1.54) is 98.6 Å². The first kappa shape index (κ1) is 28.4. The lowest BCUT2D eigenvalue weighted by atomic mass is 9.96. The van der Waals surface area contributed by atoms with E-state index in [2.05, 4.69) is 76.2 Å². The van der Waals surface area contributed by atoms with Gasteiger partial charge in [-0.2, -0.15) is 0 Å². The molecule has 0 fully saturated rings. The number of unbranched alkanes of at least 4 members (excludes halogenated alkanes) is 4. The van der Waals surface area contributed by atoms with Crippen molar-refractivity contribution in [2.75, 3.05) is 13.2 Å². The summed E-state index contributed by atoms with van der Waals surface area (Å²) in [4.78, 5) is 0. The van der Waals surface area contributed by atoms with Gasteiger partial charge in [-0.1, -0.05) is 128 Å². The molecule has 2 nitrogen and oxygen atoms in total. The topological polar surface area (TPSA) is 18.5 Å². The van der Waals surface area contributed by atoms with Crippen LogP contribution in [0, 0.1) is 11.8 Å². The second kappa shape index (κ2) is 15.8. The van der Waals surface area contributed by atoms with E-state index in [0.717, 1.165) is 24.7 Å². The Morgan fingerprint density at radius 2 is 0.750 bits per heavy atom. The number of hydrogen-bond donors (Lipinski definition) is 0. The molecule has 3 aromatic rings. The molecule has 0 amide bonds. The number of rotatable bonds is 18. The average molecular weight is 491 g/mol. The molecule has 3 aromatic carbocycles. The standard InChI is InChI=1S/C34H50O2/c1-5-9-17-27(18-10-6-2)25-35-33-29-21-13-15-23-31(29)34(32-24-16-14-22-30(32)33)36-26-28(19-11-7-3)20-12-8-4/h13-16,21-24,27-28H,5-12,17-20,25-26H2,1-4H3. The molecule has 0 saturated carbocycles. The maximum atomic E-state index is 6.72. The maximum absolute atomic E-state index is 6.72. The van der Waals surface area contributed by atoms with Gasteiger partial charge in [-0.3, -0.25) is 0 Å². The molecule has 0 atom stereocenters. The van der Waals surface area contributed by atoms with Crippen LogP contribution in [-0.2, 0) is 0 Å². The van der Waals surface area contributed by atoms with Crippen LogP contribution in [0.1, 0.15) is 105 Å². The smallest absolute Gasteiger partial charge is 0.135 e. The van der Waals surface area contributed by atoms with Gasteiger partial charge < -0.3 is 9.47 Å². The zero-order chi connectivity index (χ0) is 25.6. The molecule has 0 aliphatic carbocycles. The molecular formula is C34H50O2. The van der Waals surface area contributed by atoms with E-state index >= 15 is 0 Å². The third kappa shape index (κ3) is 7.89. The molecule has 0 heterocycles. The summed E-state index contributed by atoms with van der Waals surface area (Å²) in [6.45, 7) is 10.7. The molecule has 0 unspecified atom stereocenters. The molecule has 3 rings (SSSR count). The van der Waals surface area contributed by atoms with Crippen LogP contribution >= 0.6 is 0 Å². The Morgan fingerprint density at radius 3 is 1.00 bits per heavy atom. The first-order chi connectivity index (χ1) is 17.7. The van der Waals surface area contributed by atoms with Crippen molar-refractivity contribution in [3.8, 4) is 11.5 Å². The summed E-state index contributed by atoms with van der Waals surface area (Å²) in [6, 6.07) is 17.4. The normalized spacial score (nSPS) is 11.7. The molecule has 0 spiro atoms. The predicted molar refractivity (Wildman–Crippen MR) is 158 cm³/mol. The molecule has 0 aromatic heterocycles. The lowest BCUT2D eigenvalue weighted by Crippen LogP contribution is -2.14. The third-order valence-corrected chi connectivity index (χ3v) is 7.62. The van der Waals surface area contributed by atoms with Gasteiger partial charge in [0.1, 0.15) is 11.5 Å². The van der Waals surface area contributed by atoms with Gasteiger partial charge in [0.15, 0.2) is 0 Å². The van der Waals surface area contributed by atoms with Crippen LogP contribution in [0.3, 0.4) is 0 Å². The Bertz CT molecular complexity index is 869. The van der Waals surface area contributed by atoms with Gasteiger partial charge in [-0.25, -0.2) is 0 Å². The van der Waals surface area contributed by atoms with E-state index in [1.54, 1.807) is 0 Å². The highest BCUT2D eigenvalue weighted by Crippen LogP contribution is 2.43. The second-order valence-electron chi connectivity index (χ2n) is 10.7. The fourth-order valence-corrected chi connectivity index (χ4v) is 5.35.